The van der Waals surface area contributed by atoms with Crippen LogP contribution < -0.4 is 0 Å². The summed E-state index contributed by atoms with van der Waals surface area (Å²) in [7, 11) is 0. The van der Waals surface area contributed by atoms with Crippen LogP contribution in [0.3, 0.4) is 0 Å². The Morgan fingerprint density at radius 2 is 1.68 bits per heavy atom. The summed E-state index contributed by atoms with van der Waals surface area (Å²) in [5.74, 6) is -2.96. The molecular formula is C13H22O6. The van der Waals surface area contributed by atoms with Crippen LogP contribution in [0.1, 0.15) is 47.5 Å². The number of rotatable bonds is 6. The van der Waals surface area contributed by atoms with Crippen molar-refractivity contribution >= 4 is 17.9 Å². The van der Waals surface area contributed by atoms with E-state index in [0.29, 0.717) is 0 Å². The minimum atomic E-state index is -1.87. The van der Waals surface area contributed by atoms with Crippen molar-refractivity contribution in [2.75, 3.05) is 0 Å². The molecule has 0 aliphatic heterocycles. The lowest BCUT2D eigenvalue weighted by molar-refractivity contribution is -0.200. The van der Waals surface area contributed by atoms with Gasteiger partial charge in [0.15, 0.2) is 0 Å². The molecule has 0 aliphatic carbocycles. The fourth-order valence-electron chi connectivity index (χ4n) is 1.85. The Bertz CT molecular complexity index is 342. The first kappa shape index (κ1) is 17.4. The average Bonchev–Trinajstić information content (AvgIpc) is 2.11. The molecule has 19 heavy (non-hydrogen) atoms. The first-order valence-electron chi connectivity index (χ1n) is 6.11. The van der Waals surface area contributed by atoms with Crippen molar-refractivity contribution in [3.63, 3.8) is 0 Å². The largest absolute Gasteiger partial charge is 0.476 e. The lowest BCUT2D eigenvalue weighted by Crippen LogP contribution is -2.32. The fourth-order valence-corrected chi connectivity index (χ4v) is 1.85. The van der Waals surface area contributed by atoms with Crippen LogP contribution >= 0.6 is 0 Å². The smallest absolute Gasteiger partial charge is 0.387 e. The third-order valence-electron chi connectivity index (χ3n) is 2.19. The quantitative estimate of drug-likeness (QED) is 0.588. The monoisotopic (exact) mass is 274 g/mol. The van der Waals surface area contributed by atoms with Gasteiger partial charge in [-0.15, -0.1) is 0 Å². The molecule has 0 aromatic rings. The van der Waals surface area contributed by atoms with Gasteiger partial charge in [0, 0.05) is 13.3 Å². The highest BCUT2D eigenvalue weighted by Crippen LogP contribution is 2.26. The normalized spacial score (nSPS) is 14.4. The maximum atomic E-state index is 11.6. The Kier molecular flexibility index (Phi) is 6.52. The molecule has 0 saturated heterocycles. The van der Waals surface area contributed by atoms with Crippen LogP contribution in [0.25, 0.3) is 0 Å². The number of carboxylic acid groups (broad SMARTS) is 1. The third-order valence-corrected chi connectivity index (χ3v) is 2.19. The number of carbonyl (C=O) groups excluding carboxylic acids is 2. The minimum absolute atomic E-state index is 0.0549. The fraction of sp³-hybridized carbons (Fsp3) is 0.769. The Labute approximate surface area is 113 Å². The summed E-state index contributed by atoms with van der Waals surface area (Å²) < 4.78 is 9.01. The number of carbonyl (C=O) groups is 3. The van der Waals surface area contributed by atoms with Gasteiger partial charge in [0.2, 0.25) is 0 Å². The van der Waals surface area contributed by atoms with Crippen LogP contribution in [0, 0.1) is 11.3 Å². The summed E-state index contributed by atoms with van der Waals surface area (Å²) in [6, 6.07) is 0. The Balaban J connectivity index is 4.34. The predicted octanol–water partition coefficient (Wildman–Crippen LogP) is 1.97. The number of carboxylic acids is 1. The van der Waals surface area contributed by atoms with Crippen molar-refractivity contribution < 1.29 is 29.0 Å². The zero-order valence-electron chi connectivity index (χ0n) is 12.1. The first-order chi connectivity index (χ1) is 8.51. The van der Waals surface area contributed by atoms with Crippen molar-refractivity contribution in [3.8, 4) is 0 Å². The van der Waals surface area contributed by atoms with E-state index in [1.807, 2.05) is 27.7 Å². The molecular weight excluding hydrogens is 252 g/mol. The van der Waals surface area contributed by atoms with Crippen LogP contribution in [0.5, 0.6) is 0 Å². The van der Waals surface area contributed by atoms with E-state index in [0.717, 1.165) is 13.3 Å². The van der Waals surface area contributed by atoms with E-state index in [2.05, 4.69) is 9.47 Å². The van der Waals surface area contributed by atoms with Crippen molar-refractivity contribution in [3.05, 3.63) is 0 Å². The molecule has 6 heteroatoms. The summed E-state index contributed by atoms with van der Waals surface area (Å²) >= 11 is 0. The number of hydrogen-bond acceptors (Lipinski definition) is 5. The van der Waals surface area contributed by atoms with E-state index in [1.54, 1.807) is 0 Å². The molecule has 0 saturated carbocycles. The Morgan fingerprint density at radius 1 is 1.16 bits per heavy atom. The molecule has 2 atom stereocenters. The van der Waals surface area contributed by atoms with Crippen molar-refractivity contribution in [2.45, 2.75) is 53.8 Å². The van der Waals surface area contributed by atoms with E-state index in [4.69, 9.17) is 5.11 Å². The van der Waals surface area contributed by atoms with Crippen LogP contribution in [0.4, 0.5) is 0 Å². The third kappa shape index (κ3) is 9.04. The SMILES string of the molecule is CC(=O)OC(OC(=O)CC(C)CC(C)(C)C)C(=O)O. The predicted molar refractivity (Wildman–Crippen MR) is 67.1 cm³/mol. The molecule has 110 valence electrons. The van der Waals surface area contributed by atoms with Gasteiger partial charge in [0.25, 0.3) is 0 Å². The minimum Gasteiger partial charge on any atom is -0.476 e. The van der Waals surface area contributed by atoms with Crippen molar-refractivity contribution in [1.29, 1.82) is 0 Å². The van der Waals surface area contributed by atoms with Gasteiger partial charge in [-0.05, 0) is 17.8 Å². The second-order valence-corrected chi connectivity index (χ2v) is 5.84. The standard InChI is InChI=1S/C13H22O6/c1-8(7-13(3,4)5)6-10(15)19-12(11(16)17)18-9(2)14/h8,12H,6-7H2,1-5H3,(H,16,17). The second kappa shape index (κ2) is 7.11. The van der Waals surface area contributed by atoms with E-state index in [1.165, 1.54) is 0 Å². The van der Waals surface area contributed by atoms with Gasteiger partial charge in [-0.1, -0.05) is 27.7 Å². The van der Waals surface area contributed by atoms with Gasteiger partial charge < -0.3 is 14.6 Å². The van der Waals surface area contributed by atoms with Crippen LogP contribution in [0.2, 0.25) is 0 Å². The molecule has 0 fully saturated rings. The molecule has 0 aromatic heterocycles. The lowest BCUT2D eigenvalue weighted by Gasteiger charge is -2.23. The number of esters is 2. The molecule has 0 heterocycles. The van der Waals surface area contributed by atoms with Crippen molar-refractivity contribution in [2.24, 2.45) is 11.3 Å². The average molecular weight is 274 g/mol. The van der Waals surface area contributed by atoms with Crippen molar-refractivity contribution in [1.82, 2.24) is 0 Å². The summed E-state index contributed by atoms with van der Waals surface area (Å²) in [6.45, 7) is 9.08. The maximum absolute atomic E-state index is 11.6. The zero-order chi connectivity index (χ0) is 15.2. The molecule has 6 nitrogen and oxygen atoms in total. The van der Waals surface area contributed by atoms with E-state index in [9.17, 15) is 14.4 Å². The van der Waals surface area contributed by atoms with Gasteiger partial charge in [-0.25, -0.2) is 4.79 Å². The maximum Gasteiger partial charge on any atom is 0.387 e. The van der Waals surface area contributed by atoms with Gasteiger partial charge in [0.05, 0.1) is 0 Å². The van der Waals surface area contributed by atoms with Crippen LogP contribution in [0.15, 0.2) is 0 Å². The summed E-state index contributed by atoms with van der Waals surface area (Å²) in [5.41, 5.74) is 0.0712. The number of aliphatic carboxylic acids is 1. The highest BCUT2D eigenvalue weighted by Gasteiger charge is 2.26. The molecule has 0 aliphatic rings. The zero-order valence-corrected chi connectivity index (χ0v) is 12.1. The molecule has 0 aromatic carbocycles. The van der Waals surface area contributed by atoms with Crippen LogP contribution in [-0.2, 0) is 23.9 Å². The van der Waals surface area contributed by atoms with Gasteiger partial charge in [-0.2, -0.15) is 0 Å². The molecule has 1 N–H and O–H groups in total. The molecule has 2 unspecified atom stereocenters. The highest BCUT2D eigenvalue weighted by atomic mass is 16.7. The first-order valence-corrected chi connectivity index (χ1v) is 6.11. The molecule has 0 bridgehead atoms. The van der Waals surface area contributed by atoms with Gasteiger partial charge >= 0.3 is 24.2 Å². The van der Waals surface area contributed by atoms with E-state index in [-0.39, 0.29) is 17.8 Å². The molecule has 0 rings (SSSR count). The Hall–Kier alpha value is -1.59. The lowest BCUT2D eigenvalue weighted by atomic mass is 9.84. The topological polar surface area (TPSA) is 89.9 Å². The summed E-state index contributed by atoms with van der Waals surface area (Å²) in [5, 5.41) is 8.74. The number of ether oxygens (including phenoxy) is 2. The Morgan fingerprint density at radius 3 is 2.05 bits per heavy atom. The summed E-state index contributed by atoms with van der Waals surface area (Å²) in [4.78, 5) is 33.0. The second-order valence-electron chi connectivity index (χ2n) is 5.84. The molecule has 0 radical (unpaired) electrons. The van der Waals surface area contributed by atoms with Gasteiger partial charge in [-0.3, -0.25) is 9.59 Å². The van der Waals surface area contributed by atoms with E-state index < -0.39 is 24.2 Å². The van der Waals surface area contributed by atoms with Gasteiger partial charge in [0.1, 0.15) is 0 Å². The van der Waals surface area contributed by atoms with Crippen LogP contribution in [-0.4, -0.2) is 29.3 Å². The summed E-state index contributed by atoms with van der Waals surface area (Å²) in [6.07, 6.45) is -0.984. The highest BCUT2D eigenvalue weighted by molar-refractivity contribution is 5.79. The molecule has 0 spiro atoms. The molecule has 0 amide bonds. The number of hydrogen-bond donors (Lipinski definition) is 1. The van der Waals surface area contributed by atoms with E-state index >= 15 is 0 Å².